The molecule has 0 aliphatic heterocycles. The predicted octanol–water partition coefficient (Wildman–Crippen LogP) is 2.10. The van der Waals surface area contributed by atoms with Crippen molar-refractivity contribution < 1.29 is 5.11 Å². The molecule has 0 spiro atoms. The molecule has 3 nitrogen and oxygen atoms in total. The fourth-order valence-corrected chi connectivity index (χ4v) is 1.76. The fourth-order valence-electron chi connectivity index (χ4n) is 1.06. The minimum Gasteiger partial charge on any atom is -0.508 e. The number of hydrogen-bond acceptors (Lipinski definition) is 4. The lowest BCUT2D eigenvalue weighted by Gasteiger charge is -1.95. The number of thiazole rings is 1. The van der Waals surface area contributed by atoms with Gasteiger partial charge in [-0.1, -0.05) is 12.1 Å². The van der Waals surface area contributed by atoms with E-state index in [2.05, 4.69) is 4.98 Å². The number of phenolic OH excluding ortho intramolecular Hbond substituents is 1. The molecule has 1 aromatic carbocycles. The lowest BCUT2D eigenvalue weighted by atomic mass is 10.2. The molecule has 2 aromatic rings. The summed E-state index contributed by atoms with van der Waals surface area (Å²) in [6, 6.07) is 6.96. The number of aromatic hydroxyl groups is 1. The average molecular weight is 192 g/mol. The van der Waals surface area contributed by atoms with Crippen LogP contribution in [0.1, 0.15) is 0 Å². The lowest BCUT2D eigenvalue weighted by molar-refractivity contribution is 0.475. The average Bonchev–Trinajstić information content (AvgIpc) is 2.52. The molecule has 2 rings (SSSR count). The van der Waals surface area contributed by atoms with Crippen molar-refractivity contribution in [3.8, 4) is 16.3 Å². The van der Waals surface area contributed by atoms with Gasteiger partial charge in [0.05, 0.1) is 0 Å². The summed E-state index contributed by atoms with van der Waals surface area (Å²) in [4.78, 5) is 4.11. The summed E-state index contributed by atoms with van der Waals surface area (Å²) in [5.74, 6) is 0.759. The second kappa shape index (κ2) is 3.06. The molecular formula is C9H8N2OS. The first-order chi connectivity index (χ1) is 6.25. The molecule has 0 aliphatic carbocycles. The molecular weight excluding hydrogens is 184 g/mol. The normalized spacial score (nSPS) is 10.2. The van der Waals surface area contributed by atoms with Gasteiger partial charge >= 0.3 is 0 Å². The van der Waals surface area contributed by atoms with E-state index in [1.165, 1.54) is 11.3 Å². The first-order valence-corrected chi connectivity index (χ1v) is 4.64. The van der Waals surface area contributed by atoms with E-state index in [1.54, 1.807) is 23.6 Å². The van der Waals surface area contributed by atoms with Crippen LogP contribution in [0.4, 0.5) is 5.82 Å². The zero-order chi connectivity index (χ0) is 9.26. The number of nitrogens with two attached hydrogens (primary N) is 1. The van der Waals surface area contributed by atoms with Crippen molar-refractivity contribution >= 4 is 17.2 Å². The standard InChI is InChI=1S/C9H8N2OS/c10-8-5-13-9(11-8)6-2-1-3-7(12)4-6/h1-5,12H,10H2. The van der Waals surface area contributed by atoms with Crippen molar-refractivity contribution in [3.05, 3.63) is 29.6 Å². The van der Waals surface area contributed by atoms with Crippen LogP contribution in [0.25, 0.3) is 10.6 Å². The van der Waals surface area contributed by atoms with Gasteiger partial charge in [0.25, 0.3) is 0 Å². The van der Waals surface area contributed by atoms with Crippen molar-refractivity contribution in [1.82, 2.24) is 4.98 Å². The van der Waals surface area contributed by atoms with E-state index in [1.807, 2.05) is 6.07 Å². The minimum atomic E-state index is 0.242. The van der Waals surface area contributed by atoms with E-state index in [9.17, 15) is 5.11 Å². The monoisotopic (exact) mass is 192 g/mol. The zero-order valence-corrected chi connectivity index (χ0v) is 7.58. The largest absolute Gasteiger partial charge is 0.508 e. The summed E-state index contributed by atoms with van der Waals surface area (Å²) in [5.41, 5.74) is 6.38. The van der Waals surface area contributed by atoms with Crippen LogP contribution in [0.5, 0.6) is 5.75 Å². The Balaban J connectivity index is 2.46. The van der Waals surface area contributed by atoms with E-state index in [4.69, 9.17) is 5.73 Å². The van der Waals surface area contributed by atoms with Crippen LogP contribution < -0.4 is 5.73 Å². The van der Waals surface area contributed by atoms with Crippen molar-refractivity contribution in [2.75, 3.05) is 5.73 Å². The van der Waals surface area contributed by atoms with Gasteiger partial charge in [0.1, 0.15) is 16.6 Å². The van der Waals surface area contributed by atoms with Gasteiger partial charge in [-0.15, -0.1) is 11.3 Å². The summed E-state index contributed by atoms with van der Waals surface area (Å²) < 4.78 is 0. The molecule has 0 radical (unpaired) electrons. The highest BCUT2D eigenvalue weighted by Crippen LogP contribution is 2.26. The second-order valence-corrected chi connectivity index (χ2v) is 3.49. The molecule has 13 heavy (non-hydrogen) atoms. The van der Waals surface area contributed by atoms with Crippen LogP contribution in [0.3, 0.4) is 0 Å². The number of aromatic nitrogens is 1. The van der Waals surface area contributed by atoms with Crippen LogP contribution in [0.2, 0.25) is 0 Å². The number of benzene rings is 1. The van der Waals surface area contributed by atoms with Crippen molar-refractivity contribution in [2.45, 2.75) is 0 Å². The van der Waals surface area contributed by atoms with Gasteiger partial charge in [-0.25, -0.2) is 4.98 Å². The topological polar surface area (TPSA) is 59.1 Å². The van der Waals surface area contributed by atoms with Gasteiger partial charge < -0.3 is 10.8 Å². The maximum absolute atomic E-state index is 9.23. The Morgan fingerprint density at radius 3 is 2.85 bits per heavy atom. The van der Waals surface area contributed by atoms with Crippen molar-refractivity contribution in [2.24, 2.45) is 0 Å². The first-order valence-electron chi connectivity index (χ1n) is 3.76. The van der Waals surface area contributed by atoms with Crippen LogP contribution >= 0.6 is 11.3 Å². The van der Waals surface area contributed by atoms with Crippen LogP contribution in [-0.2, 0) is 0 Å². The molecule has 0 bridgehead atoms. The fraction of sp³-hybridized carbons (Fsp3) is 0. The number of phenols is 1. The summed E-state index contributed by atoms with van der Waals surface area (Å²) in [6.07, 6.45) is 0. The van der Waals surface area contributed by atoms with E-state index in [-0.39, 0.29) is 5.75 Å². The van der Waals surface area contributed by atoms with E-state index >= 15 is 0 Å². The maximum Gasteiger partial charge on any atom is 0.135 e. The number of rotatable bonds is 1. The zero-order valence-electron chi connectivity index (χ0n) is 6.77. The molecule has 66 valence electrons. The van der Waals surface area contributed by atoms with E-state index in [0.29, 0.717) is 5.82 Å². The van der Waals surface area contributed by atoms with Gasteiger partial charge in [0, 0.05) is 10.9 Å². The Morgan fingerprint density at radius 2 is 2.23 bits per heavy atom. The third-order valence-electron chi connectivity index (χ3n) is 1.62. The highest BCUT2D eigenvalue weighted by molar-refractivity contribution is 7.13. The van der Waals surface area contributed by atoms with Crippen molar-refractivity contribution in [3.63, 3.8) is 0 Å². The summed E-state index contributed by atoms with van der Waals surface area (Å²) in [5, 5.41) is 11.8. The van der Waals surface area contributed by atoms with Gasteiger partial charge in [-0.2, -0.15) is 0 Å². The molecule has 0 unspecified atom stereocenters. The Morgan fingerprint density at radius 1 is 1.38 bits per heavy atom. The van der Waals surface area contributed by atoms with Crippen LogP contribution in [0.15, 0.2) is 29.6 Å². The third kappa shape index (κ3) is 1.62. The Labute approximate surface area is 79.5 Å². The molecule has 0 saturated carbocycles. The SMILES string of the molecule is Nc1csc(-c2cccc(O)c2)n1. The molecule has 0 amide bonds. The summed E-state index contributed by atoms with van der Waals surface area (Å²) in [6.45, 7) is 0. The van der Waals surface area contributed by atoms with E-state index < -0.39 is 0 Å². The number of nitrogen functional groups attached to an aromatic ring is 1. The summed E-state index contributed by atoms with van der Waals surface area (Å²) >= 11 is 1.46. The molecule has 3 N–H and O–H groups in total. The molecule has 0 atom stereocenters. The second-order valence-electron chi connectivity index (χ2n) is 2.63. The molecule has 1 aromatic heterocycles. The highest BCUT2D eigenvalue weighted by Gasteiger charge is 2.02. The van der Waals surface area contributed by atoms with Crippen LogP contribution in [0, 0.1) is 0 Å². The number of hydrogen-bond donors (Lipinski definition) is 2. The first kappa shape index (κ1) is 8.07. The molecule has 1 heterocycles. The number of nitrogens with zero attached hydrogens (tertiary/aromatic N) is 1. The molecule has 0 aliphatic rings. The maximum atomic E-state index is 9.23. The smallest absolute Gasteiger partial charge is 0.135 e. The predicted molar refractivity (Wildman–Crippen MR) is 53.6 cm³/mol. The lowest BCUT2D eigenvalue weighted by Crippen LogP contribution is -1.83. The third-order valence-corrected chi connectivity index (χ3v) is 2.52. The minimum absolute atomic E-state index is 0.242. The van der Waals surface area contributed by atoms with Gasteiger partial charge in [0.15, 0.2) is 0 Å². The summed E-state index contributed by atoms with van der Waals surface area (Å²) in [7, 11) is 0. The van der Waals surface area contributed by atoms with Gasteiger partial charge in [-0.3, -0.25) is 0 Å². The highest BCUT2D eigenvalue weighted by atomic mass is 32.1. The quantitative estimate of drug-likeness (QED) is 0.727. The molecule has 0 saturated heterocycles. The van der Waals surface area contributed by atoms with E-state index in [0.717, 1.165) is 10.6 Å². The number of anilines is 1. The Kier molecular flexibility index (Phi) is 1.90. The van der Waals surface area contributed by atoms with Crippen molar-refractivity contribution in [1.29, 1.82) is 0 Å². The Hall–Kier alpha value is -1.55. The van der Waals surface area contributed by atoms with Gasteiger partial charge in [0.2, 0.25) is 0 Å². The van der Waals surface area contributed by atoms with Crippen LogP contribution in [-0.4, -0.2) is 10.1 Å². The van der Waals surface area contributed by atoms with Gasteiger partial charge in [-0.05, 0) is 12.1 Å². The molecule has 4 heteroatoms. The Bertz CT molecular complexity index is 425. The molecule has 0 fully saturated rings.